The third-order valence-corrected chi connectivity index (χ3v) is 3.52. The molecule has 108 valence electrons. The number of aliphatic carboxylic acids is 1. The average Bonchev–Trinajstić information content (AvgIpc) is 2.93. The molecular formula is C16H16N2O3. The molecule has 1 unspecified atom stereocenters. The number of nitriles is 1. The van der Waals surface area contributed by atoms with E-state index in [9.17, 15) is 9.59 Å². The van der Waals surface area contributed by atoms with E-state index in [1.807, 2.05) is 6.07 Å². The molecule has 0 aromatic heterocycles. The minimum absolute atomic E-state index is 0.0507. The number of likely N-dealkylation sites (tertiary alicyclic amines) is 1. The van der Waals surface area contributed by atoms with Gasteiger partial charge in [0.05, 0.1) is 11.6 Å². The molecule has 5 heteroatoms. The average molecular weight is 284 g/mol. The summed E-state index contributed by atoms with van der Waals surface area (Å²) < 4.78 is 0. The number of carboxylic acid groups (broad SMARTS) is 1. The number of benzene rings is 1. The molecule has 0 bridgehead atoms. The second kappa shape index (κ2) is 6.71. The second-order valence-corrected chi connectivity index (χ2v) is 5.10. The quantitative estimate of drug-likeness (QED) is 0.856. The van der Waals surface area contributed by atoms with E-state index in [1.54, 1.807) is 35.2 Å². The maximum absolute atomic E-state index is 12.0. The summed E-state index contributed by atoms with van der Waals surface area (Å²) in [6, 6.07) is 8.99. The van der Waals surface area contributed by atoms with Crippen LogP contribution in [0, 0.1) is 17.2 Å². The summed E-state index contributed by atoms with van der Waals surface area (Å²) in [5.41, 5.74) is 1.43. The van der Waals surface area contributed by atoms with Gasteiger partial charge in [0.15, 0.2) is 0 Å². The molecule has 0 spiro atoms. The van der Waals surface area contributed by atoms with Crippen LogP contribution >= 0.6 is 0 Å². The summed E-state index contributed by atoms with van der Waals surface area (Å²) in [4.78, 5) is 24.3. The van der Waals surface area contributed by atoms with Crippen molar-refractivity contribution in [3.05, 3.63) is 41.5 Å². The van der Waals surface area contributed by atoms with Crippen molar-refractivity contribution in [1.82, 2.24) is 4.90 Å². The Morgan fingerprint density at radius 1 is 1.38 bits per heavy atom. The predicted molar refractivity (Wildman–Crippen MR) is 77.1 cm³/mol. The maximum Gasteiger partial charge on any atom is 0.303 e. The first kappa shape index (κ1) is 14.8. The van der Waals surface area contributed by atoms with Crippen molar-refractivity contribution < 1.29 is 14.7 Å². The minimum atomic E-state index is -0.817. The fraction of sp³-hybridized carbons (Fsp3) is 0.312. The van der Waals surface area contributed by atoms with E-state index >= 15 is 0 Å². The van der Waals surface area contributed by atoms with Gasteiger partial charge in [-0.05, 0) is 36.1 Å². The van der Waals surface area contributed by atoms with E-state index in [4.69, 9.17) is 10.4 Å². The fourth-order valence-electron chi connectivity index (χ4n) is 2.39. The molecule has 5 nitrogen and oxygen atoms in total. The fourth-order valence-corrected chi connectivity index (χ4v) is 2.39. The lowest BCUT2D eigenvalue weighted by Crippen LogP contribution is -2.27. The smallest absolute Gasteiger partial charge is 0.303 e. The van der Waals surface area contributed by atoms with Crippen LogP contribution in [0.4, 0.5) is 0 Å². The predicted octanol–water partition coefficient (Wildman–Crippen LogP) is 1.89. The largest absolute Gasteiger partial charge is 0.481 e. The highest BCUT2D eigenvalue weighted by molar-refractivity contribution is 5.92. The Morgan fingerprint density at radius 2 is 2.10 bits per heavy atom. The van der Waals surface area contributed by atoms with E-state index < -0.39 is 5.97 Å². The summed E-state index contributed by atoms with van der Waals surface area (Å²) >= 11 is 0. The second-order valence-electron chi connectivity index (χ2n) is 5.10. The van der Waals surface area contributed by atoms with Crippen molar-refractivity contribution in [3.63, 3.8) is 0 Å². The van der Waals surface area contributed by atoms with Crippen LogP contribution in [0.2, 0.25) is 0 Å². The third kappa shape index (κ3) is 4.18. The summed E-state index contributed by atoms with van der Waals surface area (Å²) in [6.45, 7) is 1.11. The number of carbonyl (C=O) groups is 2. The highest BCUT2D eigenvalue weighted by Gasteiger charge is 2.26. The molecule has 1 amide bonds. The number of rotatable bonds is 4. The number of carboxylic acids is 1. The van der Waals surface area contributed by atoms with E-state index in [1.165, 1.54) is 6.08 Å². The Labute approximate surface area is 123 Å². The third-order valence-electron chi connectivity index (χ3n) is 3.52. The van der Waals surface area contributed by atoms with Gasteiger partial charge in [0.1, 0.15) is 0 Å². The summed E-state index contributed by atoms with van der Waals surface area (Å²) in [5, 5.41) is 17.5. The number of hydrogen-bond acceptors (Lipinski definition) is 3. The zero-order chi connectivity index (χ0) is 15.2. The Balaban J connectivity index is 1.91. The van der Waals surface area contributed by atoms with Gasteiger partial charge in [-0.25, -0.2) is 0 Å². The molecule has 1 aliphatic heterocycles. The minimum Gasteiger partial charge on any atom is -0.481 e. The van der Waals surface area contributed by atoms with Crippen LogP contribution in [0.25, 0.3) is 6.08 Å². The summed E-state index contributed by atoms with van der Waals surface area (Å²) in [6.07, 6.45) is 4.05. The van der Waals surface area contributed by atoms with Gasteiger partial charge in [0.25, 0.3) is 0 Å². The molecule has 2 rings (SSSR count). The number of amides is 1. The van der Waals surface area contributed by atoms with Crippen molar-refractivity contribution >= 4 is 18.0 Å². The Morgan fingerprint density at radius 3 is 2.71 bits per heavy atom. The van der Waals surface area contributed by atoms with Crippen molar-refractivity contribution in [1.29, 1.82) is 5.26 Å². The molecule has 1 saturated heterocycles. The van der Waals surface area contributed by atoms with Gasteiger partial charge in [-0.1, -0.05) is 12.1 Å². The van der Waals surface area contributed by atoms with Gasteiger partial charge >= 0.3 is 5.97 Å². The molecule has 0 aliphatic carbocycles. The molecular weight excluding hydrogens is 268 g/mol. The van der Waals surface area contributed by atoms with Crippen LogP contribution in [0.15, 0.2) is 30.3 Å². The summed E-state index contributed by atoms with van der Waals surface area (Å²) in [7, 11) is 0. The number of carbonyl (C=O) groups excluding carboxylic acids is 1. The van der Waals surface area contributed by atoms with E-state index in [0.717, 1.165) is 12.0 Å². The van der Waals surface area contributed by atoms with E-state index in [2.05, 4.69) is 0 Å². The van der Waals surface area contributed by atoms with Crippen molar-refractivity contribution in [2.24, 2.45) is 5.92 Å². The molecule has 1 aromatic rings. The monoisotopic (exact) mass is 284 g/mol. The van der Waals surface area contributed by atoms with Gasteiger partial charge in [-0.3, -0.25) is 9.59 Å². The van der Waals surface area contributed by atoms with Gasteiger partial charge < -0.3 is 10.0 Å². The van der Waals surface area contributed by atoms with Crippen molar-refractivity contribution in [2.75, 3.05) is 13.1 Å². The maximum atomic E-state index is 12.0. The lowest BCUT2D eigenvalue weighted by molar-refractivity contribution is -0.138. The Kier molecular flexibility index (Phi) is 4.72. The molecule has 1 aliphatic rings. The van der Waals surface area contributed by atoms with Crippen LogP contribution in [0.3, 0.4) is 0 Å². The lowest BCUT2D eigenvalue weighted by atomic mass is 10.1. The SMILES string of the molecule is N#Cc1ccc(C=CC(=O)N2CCC(CC(=O)O)C2)cc1. The molecule has 1 aromatic carbocycles. The van der Waals surface area contributed by atoms with Crippen LogP contribution in [-0.2, 0) is 9.59 Å². The zero-order valence-electron chi connectivity index (χ0n) is 11.5. The van der Waals surface area contributed by atoms with Crippen molar-refractivity contribution in [2.45, 2.75) is 12.8 Å². The van der Waals surface area contributed by atoms with E-state index in [-0.39, 0.29) is 18.2 Å². The number of hydrogen-bond donors (Lipinski definition) is 1. The van der Waals surface area contributed by atoms with Crippen LogP contribution in [0.5, 0.6) is 0 Å². The molecule has 1 N–H and O–H groups in total. The molecule has 1 fully saturated rings. The Hall–Kier alpha value is -2.61. The topological polar surface area (TPSA) is 81.4 Å². The molecule has 0 saturated carbocycles. The van der Waals surface area contributed by atoms with Crippen LogP contribution in [-0.4, -0.2) is 35.0 Å². The van der Waals surface area contributed by atoms with Gasteiger partial charge in [-0.2, -0.15) is 5.26 Å². The summed E-state index contributed by atoms with van der Waals surface area (Å²) in [5.74, 6) is -0.871. The molecule has 21 heavy (non-hydrogen) atoms. The lowest BCUT2D eigenvalue weighted by Gasteiger charge is -2.13. The molecule has 1 heterocycles. The molecule has 0 radical (unpaired) electrons. The van der Waals surface area contributed by atoms with Gasteiger partial charge in [-0.15, -0.1) is 0 Å². The standard InChI is InChI=1S/C16H16N2O3/c17-10-13-3-1-12(2-4-13)5-6-15(19)18-8-7-14(11-18)9-16(20)21/h1-6,14H,7-9,11H2,(H,20,21). The van der Waals surface area contributed by atoms with Gasteiger partial charge in [0.2, 0.25) is 5.91 Å². The van der Waals surface area contributed by atoms with E-state index in [0.29, 0.717) is 18.7 Å². The zero-order valence-corrected chi connectivity index (χ0v) is 11.5. The Bertz CT molecular complexity index is 599. The highest BCUT2D eigenvalue weighted by Crippen LogP contribution is 2.20. The first-order chi connectivity index (χ1) is 10.1. The molecule has 1 atom stereocenters. The van der Waals surface area contributed by atoms with Crippen molar-refractivity contribution in [3.8, 4) is 6.07 Å². The van der Waals surface area contributed by atoms with Crippen LogP contribution in [0.1, 0.15) is 24.0 Å². The first-order valence-electron chi connectivity index (χ1n) is 6.77. The van der Waals surface area contributed by atoms with Gasteiger partial charge in [0, 0.05) is 25.6 Å². The number of nitrogens with zero attached hydrogens (tertiary/aromatic N) is 2. The highest BCUT2D eigenvalue weighted by atomic mass is 16.4. The first-order valence-corrected chi connectivity index (χ1v) is 6.77. The van der Waals surface area contributed by atoms with Crippen LogP contribution < -0.4 is 0 Å². The normalized spacial score (nSPS) is 17.9.